The van der Waals surface area contributed by atoms with E-state index in [0.29, 0.717) is 11.8 Å². The highest BCUT2D eigenvalue weighted by molar-refractivity contribution is 5.44. The highest BCUT2D eigenvalue weighted by Gasteiger charge is 2.33. The van der Waals surface area contributed by atoms with Crippen molar-refractivity contribution in [1.29, 1.82) is 0 Å². The molecule has 2 atom stereocenters. The lowest BCUT2D eigenvalue weighted by atomic mass is 9.68. The Kier molecular flexibility index (Phi) is 2.32. The van der Waals surface area contributed by atoms with Gasteiger partial charge in [0.25, 0.3) is 0 Å². The van der Waals surface area contributed by atoms with Crippen molar-refractivity contribution in [1.82, 2.24) is 4.98 Å². The molecule has 0 aromatic carbocycles. The Hall–Kier alpha value is -1.57. The number of hydrogen-bond acceptors (Lipinski definition) is 1. The molecule has 0 saturated heterocycles. The molecule has 1 N–H and O–H groups in total. The van der Waals surface area contributed by atoms with Crippen molar-refractivity contribution in [3.05, 3.63) is 57.0 Å². The normalized spacial score (nSPS) is 28.8. The second kappa shape index (κ2) is 3.73. The van der Waals surface area contributed by atoms with Crippen LogP contribution in [-0.4, -0.2) is 4.98 Å². The van der Waals surface area contributed by atoms with Crippen LogP contribution in [0.5, 0.6) is 0 Å². The van der Waals surface area contributed by atoms with Crippen LogP contribution in [0.15, 0.2) is 40.2 Å². The largest absolute Gasteiger partial charge is 0.326 e. The molecule has 88 valence electrons. The summed E-state index contributed by atoms with van der Waals surface area (Å²) in [6.45, 7) is 4.34. The van der Waals surface area contributed by atoms with E-state index >= 15 is 0 Å². The Labute approximate surface area is 101 Å². The number of aromatic amines is 1. The van der Waals surface area contributed by atoms with Gasteiger partial charge in [-0.2, -0.15) is 0 Å². The van der Waals surface area contributed by atoms with Gasteiger partial charge in [0.2, 0.25) is 5.56 Å². The molecular formula is C15H17NO. The minimum Gasteiger partial charge on any atom is -0.326 e. The van der Waals surface area contributed by atoms with Crippen molar-refractivity contribution in [2.45, 2.75) is 32.6 Å². The number of hydrogen-bond donors (Lipinski definition) is 1. The monoisotopic (exact) mass is 227 g/mol. The van der Waals surface area contributed by atoms with E-state index in [1.165, 1.54) is 16.7 Å². The highest BCUT2D eigenvalue weighted by atomic mass is 16.1. The molecule has 1 heterocycles. The number of fused-ring (bicyclic) bond motifs is 4. The predicted octanol–water partition coefficient (Wildman–Crippen LogP) is 2.93. The third-order valence-corrected chi connectivity index (χ3v) is 4.01. The molecule has 0 saturated carbocycles. The van der Waals surface area contributed by atoms with Crippen LogP contribution in [0, 0.1) is 5.92 Å². The van der Waals surface area contributed by atoms with Crippen molar-refractivity contribution in [2.75, 3.05) is 0 Å². The van der Waals surface area contributed by atoms with E-state index in [-0.39, 0.29) is 5.56 Å². The molecule has 0 radical (unpaired) electrons. The summed E-state index contributed by atoms with van der Waals surface area (Å²) in [6, 6.07) is 3.66. The summed E-state index contributed by atoms with van der Waals surface area (Å²) in [5.41, 5.74) is 5.48. The van der Waals surface area contributed by atoms with Gasteiger partial charge in [-0.25, -0.2) is 0 Å². The Morgan fingerprint density at radius 3 is 2.94 bits per heavy atom. The second-order valence-corrected chi connectivity index (χ2v) is 5.13. The molecular weight excluding hydrogens is 210 g/mol. The zero-order valence-electron chi connectivity index (χ0n) is 10.3. The first-order valence-corrected chi connectivity index (χ1v) is 6.24. The van der Waals surface area contributed by atoms with E-state index < -0.39 is 0 Å². The van der Waals surface area contributed by atoms with E-state index in [9.17, 15) is 4.79 Å². The van der Waals surface area contributed by atoms with Gasteiger partial charge >= 0.3 is 0 Å². The van der Waals surface area contributed by atoms with Crippen LogP contribution in [0.25, 0.3) is 0 Å². The summed E-state index contributed by atoms with van der Waals surface area (Å²) >= 11 is 0. The van der Waals surface area contributed by atoms with Crippen molar-refractivity contribution >= 4 is 0 Å². The van der Waals surface area contributed by atoms with Gasteiger partial charge in [-0.15, -0.1) is 0 Å². The number of rotatable bonds is 0. The maximum Gasteiger partial charge on any atom is 0.248 e. The molecule has 2 aliphatic rings. The SMILES string of the molecule is C/C=C1\[C@@H]2C=C(C)C[C@H]1c1ccc(=O)[nH]c1C2. The van der Waals surface area contributed by atoms with Gasteiger partial charge in [0, 0.05) is 23.6 Å². The van der Waals surface area contributed by atoms with Crippen LogP contribution in [0.4, 0.5) is 0 Å². The summed E-state index contributed by atoms with van der Waals surface area (Å²) in [7, 11) is 0. The molecule has 1 aromatic heterocycles. The van der Waals surface area contributed by atoms with Crippen LogP contribution in [0.1, 0.15) is 37.4 Å². The molecule has 17 heavy (non-hydrogen) atoms. The number of nitrogens with one attached hydrogen (secondary N) is 1. The third-order valence-electron chi connectivity index (χ3n) is 4.01. The van der Waals surface area contributed by atoms with Gasteiger partial charge in [0.15, 0.2) is 0 Å². The van der Waals surface area contributed by atoms with E-state index in [0.717, 1.165) is 18.5 Å². The van der Waals surface area contributed by atoms with E-state index in [1.54, 1.807) is 6.07 Å². The van der Waals surface area contributed by atoms with Crippen LogP contribution >= 0.6 is 0 Å². The number of H-pyrrole nitrogens is 1. The molecule has 2 aliphatic carbocycles. The average Bonchev–Trinajstić information content (AvgIpc) is 2.27. The van der Waals surface area contributed by atoms with Gasteiger partial charge < -0.3 is 4.98 Å². The third kappa shape index (κ3) is 1.59. The molecule has 0 spiro atoms. The van der Waals surface area contributed by atoms with Crippen molar-refractivity contribution in [3.63, 3.8) is 0 Å². The topological polar surface area (TPSA) is 32.9 Å². The van der Waals surface area contributed by atoms with Crippen LogP contribution < -0.4 is 5.56 Å². The molecule has 0 amide bonds. The second-order valence-electron chi connectivity index (χ2n) is 5.13. The van der Waals surface area contributed by atoms with E-state index in [1.807, 2.05) is 6.07 Å². The molecule has 0 unspecified atom stereocenters. The minimum absolute atomic E-state index is 0.0199. The summed E-state index contributed by atoms with van der Waals surface area (Å²) in [5.74, 6) is 0.972. The molecule has 2 nitrogen and oxygen atoms in total. The summed E-state index contributed by atoms with van der Waals surface area (Å²) < 4.78 is 0. The molecule has 0 aliphatic heterocycles. The van der Waals surface area contributed by atoms with Crippen LogP contribution in [0.2, 0.25) is 0 Å². The first-order chi connectivity index (χ1) is 8.19. The first kappa shape index (κ1) is 10.6. The van der Waals surface area contributed by atoms with Crippen LogP contribution in [-0.2, 0) is 6.42 Å². The lowest BCUT2D eigenvalue weighted by Crippen LogP contribution is -2.27. The summed E-state index contributed by atoms with van der Waals surface area (Å²) in [6.07, 6.45) is 6.65. The quantitative estimate of drug-likeness (QED) is 0.679. The smallest absolute Gasteiger partial charge is 0.248 e. The van der Waals surface area contributed by atoms with Gasteiger partial charge in [0.1, 0.15) is 0 Å². The maximum absolute atomic E-state index is 11.4. The Bertz CT molecular complexity index is 577. The Balaban J connectivity index is 2.19. The number of allylic oxidation sites excluding steroid dienone is 4. The molecule has 1 aromatic rings. The Morgan fingerprint density at radius 2 is 2.18 bits per heavy atom. The minimum atomic E-state index is 0.0199. The number of pyridine rings is 1. The van der Waals surface area contributed by atoms with Crippen LogP contribution in [0.3, 0.4) is 0 Å². The fourth-order valence-corrected chi connectivity index (χ4v) is 3.33. The summed E-state index contributed by atoms with van der Waals surface area (Å²) in [4.78, 5) is 14.4. The standard InChI is InChI=1S/C15H17NO/c1-3-11-10-6-9(2)7-13(11)12-4-5-15(17)16-14(12)8-10/h3-6,10,13H,7-8H2,1-2H3,(H,16,17)/b11-3+/t10-,13-/m1/s1. The first-order valence-electron chi connectivity index (χ1n) is 6.24. The fraction of sp³-hybridized carbons (Fsp3) is 0.400. The van der Waals surface area contributed by atoms with Gasteiger partial charge in [0.05, 0.1) is 0 Å². The zero-order chi connectivity index (χ0) is 12.0. The lowest BCUT2D eigenvalue weighted by molar-refractivity contribution is 0.552. The molecule has 3 rings (SSSR count). The van der Waals surface area contributed by atoms with Crippen molar-refractivity contribution in [3.8, 4) is 0 Å². The predicted molar refractivity (Wildman–Crippen MR) is 69.1 cm³/mol. The van der Waals surface area contributed by atoms with Gasteiger partial charge in [-0.1, -0.05) is 29.4 Å². The van der Waals surface area contributed by atoms with E-state index in [4.69, 9.17) is 0 Å². The van der Waals surface area contributed by atoms with Gasteiger partial charge in [-0.05, 0) is 32.3 Å². The number of aromatic nitrogens is 1. The van der Waals surface area contributed by atoms with Gasteiger partial charge in [-0.3, -0.25) is 4.79 Å². The molecule has 2 heteroatoms. The maximum atomic E-state index is 11.4. The average molecular weight is 227 g/mol. The molecule has 0 fully saturated rings. The zero-order valence-corrected chi connectivity index (χ0v) is 10.3. The lowest BCUT2D eigenvalue weighted by Gasteiger charge is -2.37. The fourth-order valence-electron chi connectivity index (χ4n) is 3.33. The highest BCUT2D eigenvalue weighted by Crippen LogP contribution is 2.45. The Morgan fingerprint density at radius 1 is 1.35 bits per heavy atom. The molecule has 2 bridgehead atoms. The van der Waals surface area contributed by atoms with Crippen molar-refractivity contribution < 1.29 is 0 Å². The van der Waals surface area contributed by atoms with Crippen molar-refractivity contribution in [2.24, 2.45) is 5.92 Å². The van der Waals surface area contributed by atoms with E-state index in [2.05, 4.69) is 31.0 Å². The summed E-state index contributed by atoms with van der Waals surface area (Å²) in [5, 5.41) is 0.